The number of rotatable bonds is 4. The number of hydrogen-bond acceptors (Lipinski definition) is 4. The molecular formula is C8H10N2O4. The zero-order valence-corrected chi connectivity index (χ0v) is 7.60. The lowest BCUT2D eigenvalue weighted by Gasteiger charge is -2.10. The highest BCUT2D eigenvalue weighted by molar-refractivity contribution is 5.73. The second-order valence-electron chi connectivity index (χ2n) is 2.78. The van der Waals surface area contributed by atoms with Crippen molar-refractivity contribution >= 4 is 5.91 Å². The van der Waals surface area contributed by atoms with E-state index >= 15 is 0 Å². The fraction of sp³-hybridized carbons (Fsp3) is 0.375. The Kier molecular flexibility index (Phi) is 3.22. The minimum Gasteiger partial charge on any atom is -0.467 e. The second kappa shape index (κ2) is 4.40. The number of nitro groups is 1. The molecule has 0 aliphatic heterocycles. The Hall–Kier alpha value is -1.85. The number of amides is 1. The first kappa shape index (κ1) is 10.2. The summed E-state index contributed by atoms with van der Waals surface area (Å²) in [4.78, 5) is 20.6. The van der Waals surface area contributed by atoms with Crippen LogP contribution in [-0.2, 0) is 4.79 Å². The Labute approximate surface area is 80.0 Å². The Balaban J connectivity index is 2.71. The molecule has 1 rings (SSSR count). The largest absolute Gasteiger partial charge is 0.467 e. The van der Waals surface area contributed by atoms with Crippen LogP contribution in [-0.4, -0.2) is 17.4 Å². The summed E-state index contributed by atoms with van der Waals surface area (Å²) < 4.78 is 4.98. The Morgan fingerprint density at radius 1 is 1.79 bits per heavy atom. The van der Waals surface area contributed by atoms with E-state index in [2.05, 4.69) is 5.32 Å². The smallest absolute Gasteiger partial charge is 0.231 e. The van der Waals surface area contributed by atoms with Crippen LogP contribution >= 0.6 is 0 Å². The number of carbonyl (C=O) groups excluding carboxylic acids is 1. The average molecular weight is 198 g/mol. The van der Waals surface area contributed by atoms with Gasteiger partial charge in [-0.2, -0.15) is 0 Å². The van der Waals surface area contributed by atoms with Crippen molar-refractivity contribution in [3.8, 4) is 0 Å². The van der Waals surface area contributed by atoms with Crippen molar-refractivity contribution in [1.82, 2.24) is 5.32 Å². The van der Waals surface area contributed by atoms with Crippen molar-refractivity contribution in [2.75, 3.05) is 6.54 Å². The molecule has 1 aromatic heterocycles. The molecule has 1 heterocycles. The van der Waals surface area contributed by atoms with Gasteiger partial charge in [0, 0.05) is 11.8 Å². The molecule has 1 amide bonds. The maximum absolute atomic E-state index is 10.8. The molecule has 0 aliphatic carbocycles. The zero-order chi connectivity index (χ0) is 10.6. The number of furan rings is 1. The predicted molar refractivity (Wildman–Crippen MR) is 47.1 cm³/mol. The van der Waals surface area contributed by atoms with E-state index in [4.69, 9.17) is 4.42 Å². The van der Waals surface area contributed by atoms with Gasteiger partial charge in [0.25, 0.3) is 0 Å². The zero-order valence-electron chi connectivity index (χ0n) is 7.60. The Morgan fingerprint density at radius 3 is 2.93 bits per heavy atom. The molecule has 6 heteroatoms. The van der Waals surface area contributed by atoms with Crippen LogP contribution < -0.4 is 5.32 Å². The normalized spacial score (nSPS) is 12.1. The van der Waals surface area contributed by atoms with Gasteiger partial charge in [-0.3, -0.25) is 14.9 Å². The molecular weight excluding hydrogens is 188 g/mol. The van der Waals surface area contributed by atoms with Crippen molar-refractivity contribution in [2.24, 2.45) is 0 Å². The summed E-state index contributed by atoms with van der Waals surface area (Å²) in [6.07, 6.45) is 1.41. The molecule has 6 nitrogen and oxygen atoms in total. The first-order chi connectivity index (χ1) is 6.59. The van der Waals surface area contributed by atoms with E-state index in [-0.39, 0.29) is 12.5 Å². The summed E-state index contributed by atoms with van der Waals surface area (Å²) in [6.45, 7) is 0.920. The van der Waals surface area contributed by atoms with Gasteiger partial charge in [0.05, 0.1) is 6.26 Å². The van der Waals surface area contributed by atoms with E-state index in [1.54, 1.807) is 12.1 Å². The molecule has 0 saturated heterocycles. The van der Waals surface area contributed by atoms with Crippen LogP contribution in [0.15, 0.2) is 22.8 Å². The van der Waals surface area contributed by atoms with E-state index in [0.717, 1.165) is 0 Å². The van der Waals surface area contributed by atoms with Gasteiger partial charge in [-0.25, -0.2) is 0 Å². The van der Waals surface area contributed by atoms with Crippen LogP contribution in [0.5, 0.6) is 0 Å². The van der Waals surface area contributed by atoms with E-state index in [1.807, 2.05) is 0 Å². The number of carbonyl (C=O) groups is 1. The lowest BCUT2D eigenvalue weighted by atomic mass is 10.2. The van der Waals surface area contributed by atoms with Gasteiger partial charge in [-0.15, -0.1) is 0 Å². The maximum Gasteiger partial charge on any atom is 0.231 e. The summed E-state index contributed by atoms with van der Waals surface area (Å²) in [5, 5.41) is 12.7. The summed E-state index contributed by atoms with van der Waals surface area (Å²) in [7, 11) is 0. The molecule has 76 valence electrons. The molecule has 0 aromatic carbocycles. The highest BCUT2D eigenvalue weighted by Gasteiger charge is 2.20. The van der Waals surface area contributed by atoms with Crippen LogP contribution in [0.3, 0.4) is 0 Å². The van der Waals surface area contributed by atoms with E-state index < -0.39 is 11.0 Å². The minimum absolute atomic E-state index is 0.326. The fourth-order valence-electron chi connectivity index (χ4n) is 1.09. The Bertz CT molecular complexity index is 304. The molecule has 1 atom stereocenters. The van der Waals surface area contributed by atoms with Gasteiger partial charge < -0.3 is 9.73 Å². The van der Waals surface area contributed by atoms with Crippen molar-refractivity contribution < 1.29 is 14.1 Å². The molecule has 0 unspecified atom stereocenters. The lowest BCUT2D eigenvalue weighted by molar-refractivity contribution is -0.484. The van der Waals surface area contributed by atoms with Gasteiger partial charge in [0.2, 0.25) is 12.5 Å². The van der Waals surface area contributed by atoms with Gasteiger partial charge in [-0.05, 0) is 12.1 Å². The SMILES string of the molecule is CC(=O)N[C@@H](C[N+](=O)[O-])c1ccco1. The summed E-state index contributed by atoms with van der Waals surface area (Å²) in [5.41, 5.74) is 0. The highest BCUT2D eigenvalue weighted by atomic mass is 16.6. The fourth-order valence-corrected chi connectivity index (χ4v) is 1.09. The molecule has 0 saturated carbocycles. The Morgan fingerprint density at radius 2 is 2.50 bits per heavy atom. The van der Waals surface area contributed by atoms with Crippen LogP contribution in [0.4, 0.5) is 0 Å². The number of hydrogen-bond donors (Lipinski definition) is 1. The quantitative estimate of drug-likeness (QED) is 0.571. The van der Waals surface area contributed by atoms with E-state index in [1.165, 1.54) is 13.2 Å². The van der Waals surface area contributed by atoms with Gasteiger partial charge >= 0.3 is 0 Å². The molecule has 0 bridgehead atoms. The molecule has 14 heavy (non-hydrogen) atoms. The molecule has 1 N–H and O–H groups in total. The predicted octanol–water partition coefficient (Wildman–Crippen LogP) is 0.734. The molecule has 0 aliphatic rings. The first-order valence-corrected chi connectivity index (χ1v) is 4.02. The molecule has 0 radical (unpaired) electrons. The molecule has 1 aromatic rings. The van der Waals surface area contributed by atoms with E-state index in [0.29, 0.717) is 5.76 Å². The third kappa shape index (κ3) is 2.89. The summed E-state index contributed by atoms with van der Waals surface area (Å²) in [5.74, 6) is 0.0603. The van der Waals surface area contributed by atoms with E-state index in [9.17, 15) is 14.9 Å². The van der Waals surface area contributed by atoms with Gasteiger partial charge in [0.15, 0.2) is 6.04 Å². The van der Waals surface area contributed by atoms with Crippen LogP contribution in [0.2, 0.25) is 0 Å². The minimum atomic E-state index is -0.697. The van der Waals surface area contributed by atoms with Crippen LogP contribution in [0.1, 0.15) is 18.7 Å². The van der Waals surface area contributed by atoms with Crippen molar-refractivity contribution in [1.29, 1.82) is 0 Å². The molecule has 0 fully saturated rings. The maximum atomic E-state index is 10.8. The average Bonchev–Trinajstić information content (AvgIpc) is 2.52. The van der Waals surface area contributed by atoms with Crippen molar-refractivity contribution in [3.05, 3.63) is 34.3 Å². The summed E-state index contributed by atoms with van der Waals surface area (Å²) >= 11 is 0. The topological polar surface area (TPSA) is 85.4 Å². The highest BCUT2D eigenvalue weighted by Crippen LogP contribution is 2.13. The van der Waals surface area contributed by atoms with Crippen molar-refractivity contribution in [2.45, 2.75) is 13.0 Å². The summed E-state index contributed by atoms with van der Waals surface area (Å²) in [6, 6.07) is 2.51. The van der Waals surface area contributed by atoms with Crippen LogP contribution in [0.25, 0.3) is 0 Å². The van der Waals surface area contributed by atoms with Gasteiger partial charge in [0.1, 0.15) is 5.76 Å². The monoisotopic (exact) mass is 198 g/mol. The molecule has 0 spiro atoms. The lowest BCUT2D eigenvalue weighted by Crippen LogP contribution is -2.30. The van der Waals surface area contributed by atoms with Crippen LogP contribution in [0, 0.1) is 10.1 Å². The van der Waals surface area contributed by atoms with Gasteiger partial charge in [-0.1, -0.05) is 0 Å². The second-order valence-corrected chi connectivity index (χ2v) is 2.78. The number of nitrogens with one attached hydrogen (secondary N) is 1. The first-order valence-electron chi connectivity index (χ1n) is 4.02. The number of nitrogens with zero attached hydrogens (tertiary/aromatic N) is 1. The van der Waals surface area contributed by atoms with Crippen molar-refractivity contribution in [3.63, 3.8) is 0 Å². The third-order valence-electron chi connectivity index (χ3n) is 1.60. The standard InChI is InChI=1S/C8H10N2O4/c1-6(11)9-7(5-10(12)13)8-3-2-4-14-8/h2-4,7H,5H2,1H3,(H,9,11)/t7-/m0/s1. The third-order valence-corrected chi connectivity index (χ3v) is 1.60.